The third-order valence-electron chi connectivity index (χ3n) is 19.9. The number of carbonyl (C=O) groups is 3. The Morgan fingerprint density at radius 1 is 0.421 bits per heavy atom. The Hall–Kier alpha value is -8.38. The number of alkyl halides is 3. The Labute approximate surface area is 684 Å². The molecule has 11 rings (SSSR count). The molecule has 30 heteroatoms. The van der Waals surface area contributed by atoms with Crippen LogP contribution in [0.15, 0.2) is 134 Å². The number of carboxylic acids is 3. The number of aliphatic carboxylic acids is 3. The van der Waals surface area contributed by atoms with Crippen LogP contribution in [0.1, 0.15) is 166 Å². The molecule has 6 aromatic heterocycles. The first-order valence-electron chi connectivity index (χ1n) is 40.0. The first kappa shape index (κ1) is 92.8. The molecule has 0 unspecified atom stereocenters. The van der Waals surface area contributed by atoms with Crippen molar-refractivity contribution in [3.63, 3.8) is 0 Å². The highest BCUT2D eigenvalue weighted by molar-refractivity contribution is 6.58. The smallest absolute Gasteiger partial charge is 0.480 e. The van der Waals surface area contributed by atoms with Crippen molar-refractivity contribution < 1.29 is 52.9 Å². The second-order valence-electron chi connectivity index (χ2n) is 28.6. The molecule has 9 N–H and O–H groups in total. The highest BCUT2D eigenvalue weighted by atomic mass is 35.5. The van der Waals surface area contributed by atoms with Crippen LogP contribution < -0.4 is 21.8 Å². The van der Waals surface area contributed by atoms with E-state index in [9.17, 15) is 37.8 Å². The third-order valence-corrected chi connectivity index (χ3v) is 20.5. The van der Waals surface area contributed by atoms with E-state index in [4.69, 9.17) is 70.6 Å². The van der Waals surface area contributed by atoms with Gasteiger partial charge in [0.1, 0.15) is 64.2 Å². The van der Waals surface area contributed by atoms with E-state index in [1.807, 2.05) is 36.4 Å². The van der Waals surface area contributed by atoms with Crippen molar-refractivity contribution in [1.29, 1.82) is 0 Å². The van der Waals surface area contributed by atoms with E-state index in [1.54, 1.807) is 30.3 Å². The van der Waals surface area contributed by atoms with Gasteiger partial charge in [0.2, 0.25) is 0 Å². The first-order chi connectivity index (χ1) is 55.4. The number of hydrogen-bond acceptors (Lipinski definition) is 20. The van der Waals surface area contributed by atoms with Crippen molar-refractivity contribution in [2.45, 2.75) is 191 Å². The maximum Gasteiger partial charge on any atom is 0.488 e. The van der Waals surface area contributed by atoms with Crippen LogP contribution in [0.3, 0.4) is 0 Å². The SMILES string of the molecule is Clc1cc(Cl)ncn1.N[C@@H](CCN(CCCF)CCCCc1ccc2c(n1)CCCC2)C(=O)O.O=C(O)[C@H](CCN(CCCF)CCCCc1ccc2c(n1)CCCC2)Nc1cc(-c2ccccc2)ncn1.O=C(O)[C@H](CCN(CCCF)CCCCc1ccc2c(n1)CCCC2)Nc1cc(Cl)ncn1.OB(O)c1ccccc1. The Bertz CT molecular complexity index is 4070. The molecular weight excluding hydrogens is 1520 g/mol. The van der Waals surface area contributed by atoms with Crippen LogP contribution >= 0.6 is 34.8 Å². The number of unbranched alkanes of at least 4 members (excludes halogenated alkanes) is 3. The van der Waals surface area contributed by atoms with Crippen molar-refractivity contribution in [3.8, 4) is 11.3 Å². The van der Waals surface area contributed by atoms with Crippen LogP contribution in [0.4, 0.5) is 24.8 Å². The molecule has 0 bridgehead atoms. The molecule has 616 valence electrons. The summed E-state index contributed by atoms with van der Waals surface area (Å²) in [6.45, 7) is 4.96. The van der Waals surface area contributed by atoms with Crippen molar-refractivity contribution in [2.75, 3.05) is 89.6 Å². The normalized spacial score (nSPS) is 13.5. The van der Waals surface area contributed by atoms with Gasteiger partial charge in [-0.3, -0.25) is 32.9 Å². The molecule has 0 fully saturated rings. The fraction of sp³-hybridized carbons (Fsp3) is 0.500. The molecule has 114 heavy (non-hydrogen) atoms. The van der Waals surface area contributed by atoms with E-state index >= 15 is 0 Å². The summed E-state index contributed by atoms with van der Waals surface area (Å²) in [5.41, 5.74) is 19.2. The Morgan fingerprint density at radius 2 is 0.781 bits per heavy atom. The molecule has 6 heterocycles. The zero-order valence-electron chi connectivity index (χ0n) is 65.3. The summed E-state index contributed by atoms with van der Waals surface area (Å²) in [5, 5.41) is 52.4. The van der Waals surface area contributed by atoms with Crippen molar-refractivity contribution in [3.05, 3.63) is 201 Å². The predicted molar refractivity (Wildman–Crippen MR) is 445 cm³/mol. The molecule has 0 amide bonds. The van der Waals surface area contributed by atoms with E-state index in [2.05, 4.69) is 91.6 Å². The summed E-state index contributed by atoms with van der Waals surface area (Å²) in [7, 11) is -1.34. The second kappa shape index (κ2) is 53.7. The second-order valence-corrected chi connectivity index (χ2v) is 29.7. The number of anilines is 2. The van der Waals surface area contributed by atoms with Crippen LogP contribution in [-0.4, -0.2) is 207 Å². The number of benzene rings is 2. The molecule has 3 aliphatic carbocycles. The molecule has 0 saturated heterocycles. The van der Waals surface area contributed by atoms with Crippen LogP contribution in [0.25, 0.3) is 11.3 Å². The number of nitrogens with zero attached hydrogens (tertiary/aromatic N) is 12. The lowest BCUT2D eigenvalue weighted by Crippen LogP contribution is -2.36. The van der Waals surface area contributed by atoms with Crippen molar-refractivity contribution >= 4 is 76.9 Å². The molecule has 0 aliphatic heterocycles. The van der Waals surface area contributed by atoms with Crippen LogP contribution in [0, 0.1) is 0 Å². The third kappa shape index (κ3) is 36.2. The largest absolute Gasteiger partial charge is 0.488 e. The highest BCUT2D eigenvalue weighted by Crippen LogP contribution is 2.25. The van der Waals surface area contributed by atoms with E-state index in [1.165, 1.54) is 103 Å². The number of aromatic nitrogens is 9. The summed E-state index contributed by atoms with van der Waals surface area (Å²) >= 11 is 16.7. The van der Waals surface area contributed by atoms with Crippen LogP contribution in [0.2, 0.25) is 15.5 Å². The fourth-order valence-corrected chi connectivity index (χ4v) is 14.1. The lowest BCUT2D eigenvalue weighted by molar-refractivity contribution is -0.139. The number of pyridine rings is 3. The lowest BCUT2D eigenvalue weighted by atomic mass is 9.81. The molecule has 2 aromatic carbocycles. The molecular formula is C84H112BCl3F3N15O8. The zero-order valence-corrected chi connectivity index (χ0v) is 67.5. The van der Waals surface area contributed by atoms with Gasteiger partial charge in [-0.15, -0.1) is 0 Å². The van der Waals surface area contributed by atoms with Gasteiger partial charge in [-0.05, 0) is 233 Å². The minimum absolute atomic E-state index is 0.245. The summed E-state index contributed by atoms with van der Waals surface area (Å²) in [5.74, 6) is -2.04. The number of halogens is 6. The van der Waals surface area contributed by atoms with E-state index < -0.39 is 43.2 Å². The van der Waals surface area contributed by atoms with Crippen LogP contribution in [-0.2, 0) is 72.2 Å². The monoisotopic (exact) mass is 1630 g/mol. The number of nitrogens with one attached hydrogen (secondary N) is 2. The maximum absolute atomic E-state index is 12.9. The predicted octanol–water partition coefficient (Wildman–Crippen LogP) is 13.6. The summed E-state index contributed by atoms with van der Waals surface area (Å²) in [6.07, 6.45) is 29.5. The van der Waals surface area contributed by atoms with E-state index in [0.717, 1.165) is 144 Å². The number of rotatable bonds is 42. The molecule has 3 atom stereocenters. The number of nitrogens with two attached hydrogens (primary N) is 1. The molecule has 8 aromatic rings. The van der Waals surface area contributed by atoms with Crippen molar-refractivity contribution in [2.24, 2.45) is 5.73 Å². The molecule has 0 saturated carbocycles. The number of hydrogen-bond donors (Lipinski definition) is 8. The summed E-state index contributed by atoms with van der Waals surface area (Å²) < 4.78 is 38.2. The van der Waals surface area contributed by atoms with Crippen LogP contribution in [0.5, 0.6) is 0 Å². The minimum Gasteiger partial charge on any atom is -0.480 e. The van der Waals surface area contributed by atoms with E-state index in [0.29, 0.717) is 105 Å². The maximum atomic E-state index is 12.9. The van der Waals surface area contributed by atoms with Gasteiger partial charge in [-0.25, -0.2) is 39.5 Å². The van der Waals surface area contributed by atoms with Gasteiger partial charge in [0.05, 0.1) is 25.7 Å². The number of carboxylic acid groups (broad SMARTS) is 3. The summed E-state index contributed by atoms with van der Waals surface area (Å²) in [4.78, 5) is 79.1. The average Bonchev–Trinajstić information content (AvgIpc) is 0.858. The van der Waals surface area contributed by atoms with Gasteiger partial charge >= 0.3 is 25.0 Å². The lowest BCUT2D eigenvalue weighted by Gasteiger charge is -2.24. The van der Waals surface area contributed by atoms with Gasteiger partial charge in [0.15, 0.2) is 0 Å². The topological polar surface area (TPSA) is 328 Å². The van der Waals surface area contributed by atoms with Gasteiger partial charge in [0.25, 0.3) is 0 Å². The Balaban J connectivity index is 0.000000216. The zero-order chi connectivity index (χ0) is 81.5. The van der Waals surface area contributed by atoms with E-state index in [-0.39, 0.29) is 25.2 Å². The first-order valence-corrected chi connectivity index (χ1v) is 41.1. The van der Waals surface area contributed by atoms with Gasteiger partial charge in [-0.2, -0.15) is 0 Å². The van der Waals surface area contributed by atoms with Crippen molar-refractivity contribution in [1.82, 2.24) is 59.6 Å². The van der Waals surface area contributed by atoms with Gasteiger partial charge < -0.3 is 56.4 Å². The molecule has 3 aliphatic rings. The molecule has 23 nitrogen and oxygen atoms in total. The minimum atomic E-state index is -1.34. The van der Waals surface area contributed by atoms with Gasteiger partial charge in [-0.1, -0.05) is 114 Å². The average molecular weight is 1630 g/mol. The highest BCUT2D eigenvalue weighted by Gasteiger charge is 2.23. The quantitative estimate of drug-likeness (QED) is 0.0100. The molecule has 0 spiro atoms. The standard InChI is InChI=1S/C30H38FN5O2.C24H33ClFN5O2.C20H32FN3O2.C6H7BO2.C4H2Cl2N2/c31-17-8-19-36(18-7-6-12-25-15-14-24-11-4-5-13-26(24)34-25)20-16-27(30(37)38)35-29-21-28(32-22-33-29)23-9-2-1-3-10-23;25-22-16-23(28-17-27-22)30-21(24(32)33)11-15-31(14-5-12-26)13-4-3-7-19-10-9-18-6-1-2-8-20(18)29-19;21-12-5-14-24(15-11-18(22)20(25)26)13-4-3-7-17-10-9-16-6-1-2-8-19(16)23-17;8-7(9)6-4-2-1-3-5-6;5-3-1-4(6)8-2-7-3/h1-3,9-10,14-15,21-22,27H,4-8,11-13,16-20H2,(H,37,38)(H,32,33,35);9-10,16-17,21H,1-8,11-15H2,(H,32,33)(H,27,28,30);9-10,18H,1-8,11-15,22H2,(H,25,26);1-5,8-9H;1-2H/t27-;21-;18-;;/m000../s1. The number of aryl methyl sites for hydroxylation is 9. The molecule has 0 radical (unpaired) electrons. The fourth-order valence-electron chi connectivity index (χ4n) is 13.6. The Kier molecular flexibility index (Phi) is 43.7. The van der Waals surface area contributed by atoms with Gasteiger partial charge in [0, 0.05) is 97.2 Å². The Morgan fingerprint density at radius 3 is 1.14 bits per heavy atom. The summed E-state index contributed by atoms with van der Waals surface area (Å²) in [6, 6.07) is 33.8. The number of fused-ring (bicyclic) bond motifs is 3.